The Morgan fingerprint density at radius 1 is 1.25 bits per heavy atom. The van der Waals surface area contributed by atoms with E-state index < -0.39 is 0 Å². The lowest BCUT2D eigenvalue weighted by Crippen LogP contribution is -2.27. The van der Waals surface area contributed by atoms with Gasteiger partial charge in [0.25, 0.3) is 5.91 Å². The molecule has 1 amide bonds. The maximum absolute atomic E-state index is 12.0. The van der Waals surface area contributed by atoms with Gasteiger partial charge < -0.3 is 4.90 Å². The molecular formula is C14H19NO. The number of hydrogen-bond acceptors (Lipinski definition) is 1. The molecule has 0 aliphatic carbocycles. The average molecular weight is 217 g/mol. The van der Waals surface area contributed by atoms with Crippen LogP contribution in [0.4, 0.5) is 0 Å². The van der Waals surface area contributed by atoms with Gasteiger partial charge in [0.05, 0.1) is 0 Å². The van der Waals surface area contributed by atoms with Gasteiger partial charge in [0, 0.05) is 18.7 Å². The van der Waals surface area contributed by atoms with E-state index in [1.807, 2.05) is 29.2 Å². The summed E-state index contributed by atoms with van der Waals surface area (Å²) < 4.78 is 0. The molecule has 0 atom stereocenters. The van der Waals surface area contributed by atoms with Crippen molar-refractivity contribution in [3.05, 3.63) is 35.4 Å². The number of nitrogens with zero attached hydrogens (tertiary/aromatic N) is 1. The van der Waals surface area contributed by atoms with Crippen molar-refractivity contribution < 1.29 is 4.79 Å². The number of hydrogen-bond donors (Lipinski definition) is 0. The van der Waals surface area contributed by atoms with Gasteiger partial charge in [0.15, 0.2) is 0 Å². The van der Waals surface area contributed by atoms with Crippen LogP contribution in [0, 0.1) is 5.41 Å². The standard InChI is InChI=1S/C14H19NO/c1-14(2,3)8-9-15-10-11-6-4-5-7-12(11)13(15)16/h4-7H,8-10H2,1-3H3. The summed E-state index contributed by atoms with van der Waals surface area (Å²) in [5.74, 6) is 0.194. The Kier molecular flexibility index (Phi) is 2.75. The summed E-state index contributed by atoms with van der Waals surface area (Å²) in [6, 6.07) is 7.91. The molecule has 2 rings (SSSR count). The number of carbonyl (C=O) groups excluding carboxylic acids is 1. The summed E-state index contributed by atoms with van der Waals surface area (Å²) in [5, 5.41) is 0. The van der Waals surface area contributed by atoms with E-state index in [4.69, 9.17) is 0 Å². The lowest BCUT2D eigenvalue weighted by atomic mass is 9.92. The fourth-order valence-electron chi connectivity index (χ4n) is 1.97. The fourth-order valence-corrected chi connectivity index (χ4v) is 1.97. The van der Waals surface area contributed by atoms with Crippen LogP contribution in [0.5, 0.6) is 0 Å². The summed E-state index contributed by atoms with van der Waals surface area (Å²) in [6.07, 6.45) is 1.05. The molecule has 0 radical (unpaired) electrons. The number of carbonyl (C=O) groups is 1. The molecule has 0 spiro atoms. The molecule has 16 heavy (non-hydrogen) atoms. The zero-order valence-corrected chi connectivity index (χ0v) is 10.3. The van der Waals surface area contributed by atoms with Crippen LogP contribution in [-0.4, -0.2) is 17.4 Å². The maximum Gasteiger partial charge on any atom is 0.254 e. The number of rotatable bonds is 2. The Morgan fingerprint density at radius 3 is 2.56 bits per heavy atom. The van der Waals surface area contributed by atoms with Crippen molar-refractivity contribution in [1.29, 1.82) is 0 Å². The first-order chi connectivity index (χ1) is 7.47. The van der Waals surface area contributed by atoms with E-state index in [2.05, 4.69) is 20.8 Å². The van der Waals surface area contributed by atoms with Gasteiger partial charge in [-0.25, -0.2) is 0 Å². The zero-order valence-electron chi connectivity index (χ0n) is 10.3. The van der Waals surface area contributed by atoms with Gasteiger partial charge in [-0.05, 0) is 23.5 Å². The molecule has 86 valence electrons. The summed E-state index contributed by atoms with van der Waals surface area (Å²) in [4.78, 5) is 14.0. The Bertz CT molecular complexity index is 403. The van der Waals surface area contributed by atoms with Crippen LogP contribution < -0.4 is 0 Å². The Labute approximate surface area is 97.3 Å². The van der Waals surface area contributed by atoms with E-state index in [1.165, 1.54) is 5.56 Å². The molecular weight excluding hydrogens is 198 g/mol. The van der Waals surface area contributed by atoms with Gasteiger partial charge in [-0.2, -0.15) is 0 Å². The molecule has 2 nitrogen and oxygen atoms in total. The number of amides is 1. The number of fused-ring (bicyclic) bond motifs is 1. The average Bonchev–Trinajstić information content (AvgIpc) is 2.53. The minimum Gasteiger partial charge on any atom is -0.334 e. The monoisotopic (exact) mass is 217 g/mol. The first-order valence-electron chi connectivity index (χ1n) is 5.84. The van der Waals surface area contributed by atoms with Gasteiger partial charge in [0.2, 0.25) is 0 Å². The molecule has 1 aliphatic rings. The molecule has 0 saturated heterocycles. The summed E-state index contributed by atoms with van der Waals surface area (Å²) in [7, 11) is 0. The normalized spacial score (nSPS) is 15.4. The molecule has 0 aromatic heterocycles. The summed E-state index contributed by atoms with van der Waals surface area (Å²) >= 11 is 0. The minimum absolute atomic E-state index is 0.194. The fraction of sp³-hybridized carbons (Fsp3) is 0.500. The lowest BCUT2D eigenvalue weighted by Gasteiger charge is -2.23. The van der Waals surface area contributed by atoms with Crippen molar-refractivity contribution in [2.45, 2.75) is 33.7 Å². The molecule has 1 aromatic carbocycles. The van der Waals surface area contributed by atoms with E-state index in [0.29, 0.717) is 0 Å². The van der Waals surface area contributed by atoms with Gasteiger partial charge in [-0.3, -0.25) is 4.79 Å². The molecule has 1 aliphatic heterocycles. The van der Waals surface area contributed by atoms with Crippen LogP contribution in [-0.2, 0) is 6.54 Å². The zero-order chi connectivity index (χ0) is 11.8. The first kappa shape index (κ1) is 11.2. The minimum atomic E-state index is 0.194. The summed E-state index contributed by atoms with van der Waals surface area (Å²) in [5.41, 5.74) is 2.34. The highest BCUT2D eigenvalue weighted by molar-refractivity contribution is 5.98. The highest BCUT2D eigenvalue weighted by Gasteiger charge is 2.27. The third-order valence-electron chi connectivity index (χ3n) is 3.03. The highest BCUT2D eigenvalue weighted by Crippen LogP contribution is 2.25. The topological polar surface area (TPSA) is 20.3 Å². The van der Waals surface area contributed by atoms with Gasteiger partial charge in [0.1, 0.15) is 0 Å². The van der Waals surface area contributed by atoms with Crippen molar-refractivity contribution in [2.24, 2.45) is 5.41 Å². The van der Waals surface area contributed by atoms with E-state index in [-0.39, 0.29) is 11.3 Å². The van der Waals surface area contributed by atoms with Crippen LogP contribution in [0.2, 0.25) is 0 Å². The SMILES string of the molecule is CC(C)(C)CCN1Cc2ccccc2C1=O. The van der Waals surface area contributed by atoms with E-state index in [9.17, 15) is 4.79 Å². The van der Waals surface area contributed by atoms with Crippen molar-refractivity contribution in [3.8, 4) is 0 Å². The molecule has 2 heteroatoms. The second-order valence-electron chi connectivity index (χ2n) is 5.69. The molecule has 0 bridgehead atoms. The maximum atomic E-state index is 12.0. The van der Waals surface area contributed by atoms with Crippen LogP contribution >= 0.6 is 0 Å². The predicted octanol–water partition coefficient (Wildman–Crippen LogP) is 3.08. The van der Waals surface area contributed by atoms with Crippen molar-refractivity contribution >= 4 is 5.91 Å². The Morgan fingerprint density at radius 2 is 1.94 bits per heavy atom. The Balaban J connectivity index is 2.05. The highest BCUT2D eigenvalue weighted by atomic mass is 16.2. The second kappa shape index (κ2) is 3.93. The van der Waals surface area contributed by atoms with Gasteiger partial charge >= 0.3 is 0 Å². The van der Waals surface area contributed by atoms with Crippen molar-refractivity contribution in [2.75, 3.05) is 6.54 Å². The molecule has 1 heterocycles. The van der Waals surface area contributed by atoms with Crippen LogP contribution in [0.1, 0.15) is 43.1 Å². The third kappa shape index (κ3) is 2.26. The first-order valence-corrected chi connectivity index (χ1v) is 5.84. The molecule has 1 aromatic rings. The van der Waals surface area contributed by atoms with Gasteiger partial charge in [-0.1, -0.05) is 39.0 Å². The van der Waals surface area contributed by atoms with E-state index in [1.54, 1.807) is 0 Å². The smallest absolute Gasteiger partial charge is 0.254 e. The quantitative estimate of drug-likeness (QED) is 0.745. The van der Waals surface area contributed by atoms with Crippen LogP contribution in [0.25, 0.3) is 0 Å². The van der Waals surface area contributed by atoms with Gasteiger partial charge in [-0.15, -0.1) is 0 Å². The second-order valence-corrected chi connectivity index (χ2v) is 5.69. The van der Waals surface area contributed by atoms with Crippen LogP contribution in [0.15, 0.2) is 24.3 Å². The van der Waals surface area contributed by atoms with Crippen molar-refractivity contribution in [1.82, 2.24) is 4.90 Å². The Hall–Kier alpha value is -1.31. The van der Waals surface area contributed by atoms with Crippen LogP contribution in [0.3, 0.4) is 0 Å². The molecule has 0 unspecified atom stereocenters. The molecule has 0 fully saturated rings. The lowest BCUT2D eigenvalue weighted by molar-refractivity contribution is 0.0761. The number of benzene rings is 1. The predicted molar refractivity (Wildman–Crippen MR) is 65.3 cm³/mol. The summed E-state index contributed by atoms with van der Waals surface area (Å²) in [6.45, 7) is 8.27. The third-order valence-corrected chi connectivity index (χ3v) is 3.03. The molecule has 0 N–H and O–H groups in total. The van der Waals surface area contributed by atoms with Crippen molar-refractivity contribution in [3.63, 3.8) is 0 Å². The van der Waals surface area contributed by atoms with E-state index in [0.717, 1.165) is 25.1 Å². The molecule has 0 saturated carbocycles. The largest absolute Gasteiger partial charge is 0.334 e. The van der Waals surface area contributed by atoms with E-state index >= 15 is 0 Å².